The lowest BCUT2D eigenvalue weighted by Gasteiger charge is -2.38. The number of rotatable bonds is 4. The molecule has 0 spiro atoms. The Kier molecular flexibility index (Phi) is 5.21. The van der Waals surface area contributed by atoms with Gasteiger partial charge in [-0.15, -0.1) is 0 Å². The zero-order valence-corrected chi connectivity index (χ0v) is 14.3. The number of piperazine rings is 1. The van der Waals surface area contributed by atoms with Crippen LogP contribution >= 0.6 is 0 Å². The van der Waals surface area contributed by atoms with E-state index in [1.54, 1.807) is 6.92 Å². The van der Waals surface area contributed by atoms with E-state index in [0.717, 1.165) is 52.2 Å². The van der Waals surface area contributed by atoms with Crippen molar-refractivity contribution in [1.29, 1.82) is 0 Å². The van der Waals surface area contributed by atoms with Crippen molar-refractivity contribution < 1.29 is 9.59 Å². The Bertz CT molecular complexity index is 448. The van der Waals surface area contributed by atoms with E-state index in [2.05, 4.69) is 15.5 Å². The van der Waals surface area contributed by atoms with Gasteiger partial charge < -0.3 is 15.5 Å². The summed E-state index contributed by atoms with van der Waals surface area (Å²) in [6.07, 6.45) is 4.67. The first-order chi connectivity index (χ1) is 11.1. The Morgan fingerprint density at radius 2 is 2.00 bits per heavy atom. The predicted molar refractivity (Wildman–Crippen MR) is 89.0 cm³/mol. The van der Waals surface area contributed by atoms with Gasteiger partial charge in [0, 0.05) is 52.7 Å². The molecular weight excluding hydrogens is 292 g/mol. The summed E-state index contributed by atoms with van der Waals surface area (Å²) in [7, 11) is 0. The fourth-order valence-corrected chi connectivity index (χ4v) is 4.48. The zero-order chi connectivity index (χ0) is 16.3. The molecular formula is C17H30N4O2. The monoisotopic (exact) mass is 322 g/mol. The molecule has 0 radical (unpaired) electrons. The van der Waals surface area contributed by atoms with Gasteiger partial charge in [0.25, 0.3) is 0 Å². The summed E-state index contributed by atoms with van der Waals surface area (Å²) in [4.78, 5) is 28.3. The van der Waals surface area contributed by atoms with Crippen LogP contribution in [0.2, 0.25) is 0 Å². The Morgan fingerprint density at radius 3 is 2.74 bits per heavy atom. The van der Waals surface area contributed by atoms with E-state index >= 15 is 0 Å². The normalized spacial score (nSPS) is 31.7. The Hall–Kier alpha value is -1.14. The van der Waals surface area contributed by atoms with Gasteiger partial charge in [0.2, 0.25) is 11.8 Å². The van der Waals surface area contributed by atoms with Crippen LogP contribution in [0.4, 0.5) is 0 Å². The highest BCUT2D eigenvalue weighted by molar-refractivity contribution is 5.83. The molecule has 2 amide bonds. The van der Waals surface area contributed by atoms with Crippen LogP contribution in [0.5, 0.6) is 0 Å². The average molecular weight is 322 g/mol. The summed E-state index contributed by atoms with van der Waals surface area (Å²) < 4.78 is 0. The maximum atomic E-state index is 12.8. The molecule has 3 fully saturated rings. The van der Waals surface area contributed by atoms with Crippen LogP contribution < -0.4 is 10.6 Å². The van der Waals surface area contributed by atoms with Crippen LogP contribution in [0.1, 0.15) is 32.6 Å². The van der Waals surface area contributed by atoms with E-state index in [-0.39, 0.29) is 17.2 Å². The van der Waals surface area contributed by atoms with Crippen molar-refractivity contribution in [3.05, 3.63) is 0 Å². The van der Waals surface area contributed by atoms with E-state index in [4.69, 9.17) is 0 Å². The molecule has 2 aliphatic heterocycles. The summed E-state index contributed by atoms with van der Waals surface area (Å²) >= 11 is 0. The third-order valence-electron chi connectivity index (χ3n) is 6.02. The molecule has 23 heavy (non-hydrogen) atoms. The van der Waals surface area contributed by atoms with Crippen molar-refractivity contribution in [2.24, 2.45) is 11.3 Å². The lowest BCUT2D eigenvalue weighted by atomic mass is 9.67. The minimum atomic E-state index is -0.147. The third-order valence-corrected chi connectivity index (χ3v) is 6.02. The number of nitrogens with zero attached hydrogens (tertiary/aromatic N) is 2. The summed E-state index contributed by atoms with van der Waals surface area (Å²) in [5.41, 5.74) is -0.147. The highest BCUT2D eigenvalue weighted by Crippen LogP contribution is 2.43. The SMILES string of the molecule is CC(=O)N1CCN(CCNC(=O)[C@@]23CCCC[C@H]2CNC3)CC1. The molecule has 0 aromatic heterocycles. The molecule has 3 aliphatic rings. The van der Waals surface area contributed by atoms with Gasteiger partial charge in [0.1, 0.15) is 0 Å². The average Bonchev–Trinajstić information content (AvgIpc) is 3.00. The largest absolute Gasteiger partial charge is 0.354 e. The number of amides is 2. The fraction of sp³-hybridized carbons (Fsp3) is 0.882. The number of carbonyl (C=O) groups excluding carboxylic acids is 2. The first-order valence-corrected chi connectivity index (χ1v) is 9.09. The Labute approximate surface area is 139 Å². The number of hydrogen-bond acceptors (Lipinski definition) is 4. The minimum absolute atomic E-state index is 0.147. The van der Waals surface area contributed by atoms with Crippen molar-refractivity contribution in [3.8, 4) is 0 Å². The van der Waals surface area contributed by atoms with Gasteiger partial charge in [-0.3, -0.25) is 14.5 Å². The second-order valence-corrected chi connectivity index (χ2v) is 7.33. The van der Waals surface area contributed by atoms with Crippen LogP contribution in [0, 0.1) is 11.3 Å². The van der Waals surface area contributed by atoms with Crippen LogP contribution in [-0.4, -0.2) is 74.0 Å². The van der Waals surface area contributed by atoms with E-state index in [1.807, 2.05) is 4.90 Å². The smallest absolute Gasteiger partial charge is 0.227 e. The standard InChI is InChI=1S/C17H30N4O2/c1-14(22)21-10-8-20(9-11-21)7-6-19-16(23)17-5-3-2-4-15(17)12-18-13-17/h15,18H,2-13H2,1H3,(H,19,23)/t15-,17+/m0/s1. The van der Waals surface area contributed by atoms with Crippen molar-refractivity contribution in [2.45, 2.75) is 32.6 Å². The highest BCUT2D eigenvalue weighted by Gasteiger charge is 2.49. The van der Waals surface area contributed by atoms with Gasteiger partial charge in [0.15, 0.2) is 0 Å². The van der Waals surface area contributed by atoms with Gasteiger partial charge >= 0.3 is 0 Å². The lowest BCUT2D eigenvalue weighted by molar-refractivity contribution is -0.134. The maximum Gasteiger partial charge on any atom is 0.227 e. The zero-order valence-electron chi connectivity index (χ0n) is 14.3. The molecule has 0 unspecified atom stereocenters. The number of hydrogen-bond donors (Lipinski definition) is 2. The molecule has 130 valence electrons. The fourth-order valence-electron chi connectivity index (χ4n) is 4.48. The lowest BCUT2D eigenvalue weighted by Crippen LogP contribution is -2.52. The summed E-state index contributed by atoms with van der Waals surface area (Å²) in [5, 5.41) is 6.63. The highest BCUT2D eigenvalue weighted by atomic mass is 16.2. The van der Waals surface area contributed by atoms with Crippen molar-refractivity contribution >= 4 is 11.8 Å². The summed E-state index contributed by atoms with van der Waals surface area (Å²) in [6, 6.07) is 0. The summed E-state index contributed by atoms with van der Waals surface area (Å²) in [6.45, 7) is 8.50. The number of nitrogens with one attached hydrogen (secondary N) is 2. The van der Waals surface area contributed by atoms with Crippen molar-refractivity contribution in [2.75, 3.05) is 52.4 Å². The second-order valence-electron chi connectivity index (χ2n) is 7.33. The minimum Gasteiger partial charge on any atom is -0.354 e. The third kappa shape index (κ3) is 3.53. The van der Waals surface area contributed by atoms with Gasteiger partial charge in [0.05, 0.1) is 5.41 Å². The first-order valence-electron chi connectivity index (χ1n) is 9.09. The molecule has 2 atom stereocenters. The Morgan fingerprint density at radius 1 is 1.22 bits per heavy atom. The molecule has 2 N–H and O–H groups in total. The van der Waals surface area contributed by atoms with Gasteiger partial charge in [-0.2, -0.15) is 0 Å². The van der Waals surface area contributed by atoms with E-state index in [1.165, 1.54) is 19.3 Å². The molecule has 0 aromatic carbocycles. The topological polar surface area (TPSA) is 64.7 Å². The molecule has 1 aliphatic carbocycles. The van der Waals surface area contributed by atoms with Crippen LogP contribution in [-0.2, 0) is 9.59 Å². The summed E-state index contributed by atoms with van der Waals surface area (Å²) in [5.74, 6) is 0.944. The van der Waals surface area contributed by atoms with Gasteiger partial charge in [-0.1, -0.05) is 12.8 Å². The molecule has 2 saturated heterocycles. The molecule has 2 heterocycles. The molecule has 0 bridgehead atoms. The van der Waals surface area contributed by atoms with Crippen LogP contribution in [0.3, 0.4) is 0 Å². The predicted octanol–water partition coefficient (Wildman–Crippen LogP) is 0.0465. The number of fused-ring (bicyclic) bond motifs is 1. The van der Waals surface area contributed by atoms with Gasteiger partial charge in [-0.25, -0.2) is 0 Å². The van der Waals surface area contributed by atoms with E-state index in [9.17, 15) is 9.59 Å². The van der Waals surface area contributed by atoms with Crippen LogP contribution in [0.15, 0.2) is 0 Å². The second kappa shape index (κ2) is 7.18. The van der Waals surface area contributed by atoms with Crippen molar-refractivity contribution in [1.82, 2.24) is 20.4 Å². The molecule has 0 aromatic rings. The molecule has 1 saturated carbocycles. The maximum absolute atomic E-state index is 12.8. The van der Waals surface area contributed by atoms with Crippen LogP contribution in [0.25, 0.3) is 0 Å². The molecule has 6 heteroatoms. The van der Waals surface area contributed by atoms with E-state index < -0.39 is 0 Å². The quantitative estimate of drug-likeness (QED) is 0.767. The molecule has 3 rings (SSSR count). The van der Waals surface area contributed by atoms with Crippen molar-refractivity contribution in [3.63, 3.8) is 0 Å². The van der Waals surface area contributed by atoms with Gasteiger partial charge in [-0.05, 0) is 25.3 Å². The van der Waals surface area contributed by atoms with E-state index in [0.29, 0.717) is 12.5 Å². The number of carbonyl (C=O) groups is 2. The Balaban J connectivity index is 1.42. The first kappa shape index (κ1) is 16.7. The molecule has 6 nitrogen and oxygen atoms in total.